The Labute approximate surface area is 204 Å². The monoisotopic (exact) mass is 486 g/mol. The average Bonchev–Trinajstić information content (AvgIpc) is 3.50. The number of ether oxygens (including phenoxy) is 1. The first-order chi connectivity index (χ1) is 17.4. The molecule has 9 heteroatoms. The third kappa shape index (κ3) is 2.92. The van der Waals surface area contributed by atoms with Gasteiger partial charge in [-0.15, -0.1) is 0 Å². The van der Waals surface area contributed by atoms with Gasteiger partial charge >= 0.3 is 6.61 Å². The van der Waals surface area contributed by atoms with Gasteiger partial charge < -0.3 is 19.5 Å². The van der Waals surface area contributed by atoms with Gasteiger partial charge in [0.25, 0.3) is 5.91 Å². The van der Waals surface area contributed by atoms with E-state index < -0.39 is 6.61 Å². The van der Waals surface area contributed by atoms with E-state index in [9.17, 15) is 18.4 Å². The quantitative estimate of drug-likeness (QED) is 0.446. The lowest BCUT2D eigenvalue weighted by molar-refractivity contribution is -0.115. The molecule has 0 saturated carbocycles. The summed E-state index contributed by atoms with van der Waals surface area (Å²) in [5.74, 6) is 0.479. The number of carbonyl (C=O) groups is 2. The second-order valence-corrected chi connectivity index (χ2v) is 9.42. The van der Waals surface area contributed by atoms with Crippen molar-refractivity contribution in [1.82, 2.24) is 14.5 Å². The lowest BCUT2D eigenvalue weighted by Gasteiger charge is -2.24. The molecule has 4 aromatic rings. The van der Waals surface area contributed by atoms with E-state index >= 15 is 0 Å². The molecule has 3 aliphatic rings. The highest BCUT2D eigenvalue weighted by molar-refractivity contribution is 6.00. The maximum atomic E-state index is 13.3. The van der Waals surface area contributed by atoms with Crippen molar-refractivity contribution in [2.75, 3.05) is 12.4 Å². The number of halogens is 2. The molecule has 4 heterocycles. The molecule has 0 radical (unpaired) electrons. The molecule has 1 aromatic heterocycles. The Morgan fingerprint density at radius 2 is 1.86 bits per heavy atom. The molecule has 0 saturated heterocycles. The maximum absolute atomic E-state index is 13.3. The van der Waals surface area contributed by atoms with Crippen molar-refractivity contribution in [3.63, 3.8) is 0 Å². The van der Waals surface area contributed by atoms with Crippen molar-refractivity contribution in [3.05, 3.63) is 77.1 Å². The Balaban J connectivity index is 1.42. The van der Waals surface area contributed by atoms with Gasteiger partial charge in [-0.05, 0) is 53.1 Å². The van der Waals surface area contributed by atoms with Crippen molar-refractivity contribution in [3.8, 4) is 16.9 Å². The first kappa shape index (κ1) is 21.0. The number of nitrogens with one attached hydrogen (secondary N) is 1. The predicted octanol–water partition coefficient (Wildman–Crippen LogP) is 4.92. The van der Waals surface area contributed by atoms with Crippen molar-refractivity contribution >= 4 is 28.5 Å². The summed E-state index contributed by atoms with van der Waals surface area (Å²) in [6.45, 7) is -3.00. The summed E-state index contributed by atoms with van der Waals surface area (Å²) >= 11 is 0. The zero-order valence-corrected chi connectivity index (χ0v) is 19.2. The summed E-state index contributed by atoms with van der Waals surface area (Å²) in [5, 5.41) is 2.85. The van der Waals surface area contributed by atoms with Crippen LogP contribution in [-0.4, -0.2) is 39.9 Å². The highest BCUT2D eigenvalue weighted by Gasteiger charge is 2.45. The van der Waals surface area contributed by atoms with Crippen LogP contribution in [-0.2, 0) is 11.2 Å². The second kappa shape index (κ2) is 7.36. The molecule has 0 spiro atoms. The summed E-state index contributed by atoms with van der Waals surface area (Å²) < 4.78 is 33.5. The molecule has 0 unspecified atom stereocenters. The molecule has 3 aliphatic heterocycles. The Morgan fingerprint density at radius 3 is 2.69 bits per heavy atom. The number of imidazole rings is 1. The average molecular weight is 486 g/mol. The standard InChI is InChI=1S/C27H20F2N4O3/c1-32-21-12-20(24-16(26(32)35)3-2-4-22(24)36-27(28)29)33-19-10-14(6-8-18(19)31-25(21)33)13-5-7-17-15(9-13)11-23(34)30-17/h2-10,20-21,27H,11-12H2,1H3,(H,30,34)/t20-,21-/m1/s1. The van der Waals surface area contributed by atoms with Gasteiger partial charge in [0.2, 0.25) is 5.91 Å². The fourth-order valence-corrected chi connectivity index (χ4v) is 5.87. The van der Waals surface area contributed by atoms with Gasteiger partial charge in [0, 0.05) is 30.3 Å². The highest BCUT2D eigenvalue weighted by Crippen LogP contribution is 2.50. The van der Waals surface area contributed by atoms with E-state index in [4.69, 9.17) is 9.72 Å². The first-order valence-electron chi connectivity index (χ1n) is 11.7. The van der Waals surface area contributed by atoms with Crippen LogP contribution in [0.15, 0.2) is 54.6 Å². The number of carbonyl (C=O) groups excluding carboxylic acids is 2. The van der Waals surface area contributed by atoms with E-state index in [0.29, 0.717) is 24.0 Å². The number of hydrogen-bond acceptors (Lipinski definition) is 4. The van der Waals surface area contributed by atoms with Gasteiger partial charge in [0.15, 0.2) is 0 Å². The van der Waals surface area contributed by atoms with Crippen LogP contribution < -0.4 is 10.1 Å². The van der Waals surface area contributed by atoms with Gasteiger partial charge in [0.05, 0.1) is 29.5 Å². The summed E-state index contributed by atoms with van der Waals surface area (Å²) in [4.78, 5) is 31.5. The van der Waals surface area contributed by atoms with Crippen LogP contribution in [0.25, 0.3) is 22.2 Å². The summed E-state index contributed by atoms with van der Waals surface area (Å²) in [7, 11) is 1.72. The summed E-state index contributed by atoms with van der Waals surface area (Å²) in [6, 6.07) is 15.9. The number of hydrogen-bond donors (Lipinski definition) is 1. The predicted molar refractivity (Wildman–Crippen MR) is 128 cm³/mol. The molecule has 0 fully saturated rings. The molecular formula is C27H20F2N4O3. The fraction of sp³-hybridized carbons (Fsp3) is 0.222. The molecule has 7 nitrogen and oxygen atoms in total. The molecule has 7 rings (SSSR count). The topological polar surface area (TPSA) is 76.5 Å². The van der Waals surface area contributed by atoms with Crippen LogP contribution in [0.5, 0.6) is 5.75 Å². The van der Waals surface area contributed by atoms with Gasteiger partial charge in [-0.2, -0.15) is 8.78 Å². The maximum Gasteiger partial charge on any atom is 0.387 e. The lowest BCUT2D eigenvalue weighted by Crippen LogP contribution is -2.30. The minimum absolute atomic E-state index is 0.0107. The number of amides is 2. The summed E-state index contributed by atoms with van der Waals surface area (Å²) in [6.07, 6.45) is 0.870. The second-order valence-electron chi connectivity index (χ2n) is 9.42. The van der Waals surface area contributed by atoms with Gasteiger partial charge in [-0.25, -0.2) is 4.98 Å². The van der Waals surface area contributed by atoms with Crippen molar-refractivity contribution < 1.29 is 23.1 Å². The first-order valence-corrected chi connectivity index (χ1v) is 11.7. The smallest absolute Gasteiger partial charge is 0.387 e. The summed E-state index contributed by atoms with van der Waals surface area (Å²) in [5.41, 5.74) is 6.14. The van der Waals surface area contributed by atoms with Gasteiger partial charge in [-0.1, -0.05) is 18.2 Å². The molecule has 180 valence electrons. The SMILES string of the molecule is CN1C(=O)c2cccc(OC(F)F)c2[C@H]2C[C@@H]1c1nc3ccc(-c4ccc5c(c4)CC(=O)N5)cc3n12. The van der Waals surface area contributed by atoms with Crippen LogP contribution in [0.3, 0.4) is 0 Å². The Kier molecular flexibility index (Phi) is 4.31. The minimum Gasteiger partial charge on any atom is -0.434 e. The van der Waals surface area contributed by atoms with E-state index in [0.717, 1.165) is 39.2 Å². The van der Waals surface area contributed by atoms with E-state index in [1.165, 1.54) is 6.07 Å². The Hall–Kier alpha value is -4.27. The molecule has 36 heavy (non-hydrogen) atoms. The fourth-order valence-electron chi connectivity index (χ4n) is 5.87. The van der Waals surface area contributed by atoms with Gasteiger partial charge in [-0.3, -0.25) is 9.59 Å². The number of alkyl halides is 2. The van der Waals surface area contributed by atoms with E-state index in [1.807, 2.05) is 36.4 Å². The molecule has 3 aromatic carbocycles. The zero-order chi connectivity index (χ0) is 24.7. The van der Waals surface area contributed by atoms with Crippen LogP contribution >= 0.6 is 0 Å². The van der Waals surface area contributed by atoms with Crippen LogP contribution in [0.2, 0.25) is 0 Å². The molecular weight excluding hydrogens is 466 g/mol. The van der Waals surface area contributed by atoms with Crippen LogP contribution in [0, 0.1) is 0 Å². The molecule has 2 atom stereocenters. The number of aromatic nitrogens is 2. The van der Waals surface area contributed by atoms with E-state index in [2.05, 4.69) is 9.88 Å². The van der Waals surface area contributed by atoms with Gasteiger partial charge in [0.1, 0.15) is 11.6 Å². The van der Waals surface area contributed by atoms with Crippen LogP contribution in [0.1, 0.15) is 45.8 Å². The molecule has 0 aliphatic carbocycles. The van der Waals surface area contributed by atoms with Crippen molar-refractivity contribution in [2.24, 2.45) is 0 Å². The normalized spacial score (nSPS) is 19.8. The Bertz CT molecular complexity index is 1610. The van der Waals surface area contributed by atoms with Crippen molar-refractivity contribution in [2.45, 2.75) is 31.5 Å². The number of nitrogens with zero attached hydrogens (tertiary/aromatic N) is 3. The van der Waals surface area contributed by atoms with Crippen LogP contribution in [0.4, 0.5) is 14.5 Å². The molecule has 1 N–H and O–H groups in total. The minimum atomic E-state index is -3.00. The Morgan fingerprint density at radius 1 is 1.06 bits per heavy atom. The highest BCUT2D eigenvalue weighted by atomic mass is 19.3. The molecule has 2 bridgehead atoms. The number of anilines is 1. The van der Waals surface area contributed by atoms with E-state index in [-0.39, 0.29) is 29.6 Å². The third-order valence-electron chi connectivity index (χ3n) is 7.47. The number of rotatable bonds is 3. The third-order valence-corrected chi connectivity index (χ3v) is 7.47. The lowest BCUT2D eigenvalue weighted by atomic mass is 9.97. The number of benzene rings is 3. The van der Waals surface area contributed by atoms with E-state index in [1.54, 1.807) is 24.1 Å². The molecule has 2 amide bonds. The zero-order valence-electron chi connectivity index (χ0n) is 19.2. The van der Waals surface area contributed by atoms with Crippen molar-refractivity contribution in [1.29, 1.82) is 0 Å². The number of fused-ring (bicyclic) bond motifs is 10. The largest absolute Gasteiger partial charge is 0.434 e.